The normalized spacial score (nSPS) is 12.0. The van der Waals surface area contributed by atoms with Crippen LogP contribution in [0.15, 0.2) is 28.7 Å². The van der Waals surface area contributed by atoms with Gasteiger partial charge in [0.2, 0.25) is 11.8 Å². The van der Waals surface area contributed by atoms with E-state index in [1.807, 2.05) is 30.5 Å². The molecule has 6 nitrogen and oxygen atoms in total. The van der Waals surface area contributed by atoms with Crippen molar-refractivity contribution in [3.8, 4) is 11.5 Å². The van der Waals surface area contributed by atoms with E-state index >= 15 is 0 Å². The third-order valence-electron chi connectivity index (χ3n) is 3.11. The SMILES string of the molecule is CC[C@@H](CSC)NC(=O)Nc1ccc(-c2nnc(C)o2)cc1. The first-order valence-electron chi connectivity index (χ1n) is 7.09. The van der Waals surface area contributed by atoms with Crippen molar-refractivity contribution in [3.63, 3.8) is 0 Å². The summed E-state index contributed by atoms with van der Waals surface area (Å²) in [6, 6.07) is 7.27. The Morgan fingerprint density at radius 1 is 1.32 bits per heavy atom. The maximum atomic E-state index is 11.9. The third-order valence-corrected chi connectivity index (χ3v) is 3.85. The van der Waals surface area contributed by atoms with Crippen LogP contribution in [0.25, 0.3) is 11.5 Å². The van der Waals surface area contributed by atoms with Crippen LogP contribution in [0.3, 0.4) is 0 Å². The van der Waals surface area contributed by atoms with Gasteiger partial charge in [-0.1, -0.05) is 6.92 Å². The lowest BCUT2D eigenvalue weighted by atomic mass is 10.2. The van der Waals surface area contributed by atoms with E-state index in [0.717, 1.165) is 23.4 Å². The summed E-state index contributed by atoms with van der Waals surface area (Å²) in [5, 5.41) is 13.5. The average molecular weight is 320 g/mol. The molecule has 7 heteroatoms. The number of hydrogen-bond acceptors (Lipinski definition) is 5. The summed E-state index contributed by atoms with van der Waals surface area (Å²) in [7, 11) is 0. The molecule has 0 saturated carbocycles. The number of thioether (sulfide) groups is 1. The first kappa shape index (κ1) is 16.4. The quantitative estimate of drug-likeness (QED) is 0.853. The van der Waals surface area contributed by atoms with Crippen molar-refractivity contribution < 1.29 is 9.21 Å². The summed E-state index contributed by atoms with van der Waals surface area (Å²) < 4.78 is 5.36. The molecular weight excluding hydrogens is 300 g/mol. The molecular formula is C15H20N4O2S. The van der Waals surface area contributed by atoms with Crippen LogP contribution in [0.4, 0.5) is 10.5 Å². The first-order chi connectivity index (χ1) is 10.6. The Hall–Kier alpha value is -2.02. The number of amides is 2. The fourth-order valence-electron chi connectivity index (χ4n) is 1.92. The zero-order valence-electron chi connectivity index (χ0n) is 12.9. The van der Waals surface area contributed by atoms with Gasteiger partial charge in [0.1, 0.15) is 0 Å². The second kappa shape index (κ2) is 7.84. The number of nitrogens with zero attached hydrogens (tertiary/aromatic N) is 2. The molecule has 2 aromatic rings. The molecule has 1 heterocycles. The van der Waals surface area contributed by atoms with E-state index in [1.54, 1.807) is 18.7 Å². The molecule has 2 N–H and O–H groups in total. The number of hydrogen-bond donors (Lipinski definition) is 2. The molecule has 1 aromatic heterocycles. The number of rotatable bonds is 6. The van der Waals surface area contributed by atoms with Crippen molar-refractivity contribution in [2.75, 3.05) is 17.3 Å². The molecule has 1 atom stereocenters. The number of carbonyl (C=O) groups is 1. The minimum absolute atomic E-state index is 0.177. The summed E-state index contributed by atoms with van der Waals surface area (Å²) in [4.78, 5) is 11.9. The topological polar surface area (TPSA) is 80.0 Å². The van der Waals surface area contributed by atoms with Gasteiger partial charge in [-0.25, -0.2) is 4.79 Å². The predicted octanol–water partition coefficient (Wildman–Crippen LogP) is 3.31. The molecule has 0 unspecified atom stereocenters. The number of nitrogens with one attached hydrogen (secondary N) is 2. The van der Waals surface area contributed by atoms with Gasteiger partial charge in [-0.15, -0.1) is 10.2 Å². The number of aryl methyl sites for hydroxylation is 1. The maximum Gasteiger partial charge on any atom is 0.319 e. The summed E-state index contributed by atoms with van der Waals surface area (Å²) in [6.45, 7) is 3.80. The van der Waals surface area contributed by atoms with Gasteiger partial charge >= 0.3 is 6.03 Å². The molecule has 2 amide bonds. The van der Waals surface area contributed by atoms with Crippen LogP contribution in [0, 0.1) is 6.92 Å². The van der Waals surface area contributed by atoms with Crippen LogP contribution in [0.1, 0.15) is 19.2 Å². The second-order valence-corrected chi connectivity index (χ2v) is 5.77. The number of carbonyl (C=O) groups excluding carboxylic acids is 1. The third kappa shape index (κ3) is 4.49. The molecule has 0 fully saturated rings. The summed E-state index contributed by atoms with van der Waals surface area (Å²) in [5.41, 5.74) is 1.54. The van der Waals surface area contributed by atoms with Gasteiger partial charge < -0.3 is 15.1 Å². The van der Waals surface area contributed by atoms with Crippen LogP contribution >= 0.6 is 11.8 Å². The Bertz CT molecular complexity index is 612. The van der Waals surface area contributed by atoms with Crippen molar-refractivity contribution in [3.05, 3.63) is 30.2 Å². The summed E-state index contributed by atoms with van der Waals surface area (Å²) >= 11 is 1.72. The Morgan fingerprint density at radius 2 is 2.05 bits per heavy atom. The summed E-state index contributed by atoms with van der Waals surface area (Å²) in [5.74, 6) is 1.90. The fourth-order valence-corrected chi connectivity index (χ4v) is 2.65. The van der Waals surface area contributed by atoms with Gasteiger partial charge in [-0.2, -0.15) is 11.8 Å². The maximum absolute atomic E-state index is 11.9. The molecule has 0 aliphatic rings. The van der Waals surface area contributed by atoms with Crippen LogP contribution in [0.2, 0.25) is 0 Å². The highest BCUT2D eigenvalue weighted by Crippen LogP contribution is 2.20. The van der Waals surface area contributed by atoms with E-state index in [9.17, 15) is 4.79 Å². The number of urea groups is 1. The van der Waals surface area contributed by atoms with Crippen LogP contribution < -0.4 is 10.6 Å². The monoisotopic (exact) mass is 320 g/mol. The van der Waals surface area contributed by atoms with Crippen molar-refractivity contribution in [1.29, 1.82) is 0 Å². The molecule has 0 spiro atoms. The van der Waals surface area contributed by atoms with E-state index in [0.29, 0.717) is 11.8 Å². The largest absolute Gasteiger partial charge is 0.421 e. The van der Waals surface area contributed by atoms with E-state index in [4.69, 9.17) is 4.42 Å². The lowest BCUT2D eigenvalue weighted by molar-refractivity contribution is 0.249. The van der Waals surface area contributed by atoms with Crippen LogP contribution in [-0.4, -0.2) is 34.3 Å². The Labute approximate surface area is 134 Å². The van der Waals surface area contributed by atoms with Crippen molar-refractivity contribution in [2.24, 2.45) is 0 Å². The Morgan fingerprint density at radius 3 is 2.59 bits per heavy atom. The highest BCUT2D eigenvalue weighted by atomic mass is 32.2. The standard InChI is InChI=1S/C15H20N4O2S/c1-4-12(9-22-3)16-15(20)17-13-7-5-11(6-8-13)14-19-18-10(2)21-14/h5-8,12H,4,9H2,1-3H3,(H2,16,17,20)/t12-/m0/s1. The molecule has 118 valence electrons. The highest BCUT2D eigenvalue weighted by Gasteiger charge is 2.10. The minimum atomic E-state index is -0.192. The molecule has 0 aliphatic carbocycles. The van der Waals surface area contributed by atoms with E-state index in [-0.39, 0.29) is 12.1 Å². The Kier molecular flexibility index (Phi) is 5.83. The zero-order valence-corrected chi connectivity index (χ0v) is 13.7. The first-order valence-corrected chi connectivity index (χ1v) is 8.48. The van der Waals surface area contributed by atoms with Gasteiger partial charge in [0.25, 0.3) is 0 Å². The van der Waals surface area contributed by atoms with Gasteiger partial charge in [0.15, 0.2) is 0 Å². The van der Waals surface area contributed by atoms with Crippen LogP contribution in [0.5, 0.6) is 0 Å². The smallest absolute Gasteiger partial charge is 0.319 e. The molecule has 0 bridgehead atoms. The molecule has 2 rings (SSSR count). The van der Waals surface area contributed by atoms with Crippen molar-refractivity contribution in [2.45, 2.75) is 26.3 Å². The number of benzene rings is 1. The molecule has 0 radical (unpaired) electrons. The molecule has 1 aromatic carbocycles. The van der Waals surface area contributed by atoms with E-state index in [2.05, 4.69) is 27.8 Å². The van der Waals surface area contributed by atoms with Crippen molar-refractivity contribution in [1.82, 2.24) is 15.5 Å². The number of anilines is 1. The van der Waals surface area contributed by atoms with Gasteiger partial charge in [0.05, 0.1) is 0 Å². The predicted molar refractivity (Wildman–Crippen MR) is 89.1 cm³/mol. The molecule has 0 saturated heterocycles. The highest BCUT2D eigenvalue weighted by molar-refractivity contribution is 7.98. The lowest BCUT2D eigenvalue weighted by Gasteiger charge is -2.16. The Balaban J connectivity index is 1.94. The van der Waals surface area contributed by atoms with Gasteiger partial charge in [-0.05, 0) is 36.9 Å². The average Bonchev–Trinajstić information content (AvgIpc) is 2.94. The van der Waals surface area contributed by atoms with Crippen molar-refractivity contribution >= 4 is 23.5 Å². The second-order valence-electron chi connectivity index (χ2n) is 4.86. The van der Waals surface area contributed by atoms with E-state index < -0.39 is 0 Å². The fraction of sp³-hybridized carbons (Fsp3) is 0.400. The zero-order chi connectivity index (χ0) is 15.9. The van der Waals surface area contributed by atoms with Gasteiger partial charge in [-0.3, -0.25) is 0 Å². The molecule has 0 aliphatic heterocycles. The summed E-state index contributed by atoms with van der Waals surface area (Å²) in [6.07, 6.45) is 2.93. The molecule has 22 heavy (non-hydrogen) atoms. The van der Waals surface area contributed by atoms with Gasteiger partial charge in [0, 0.05) is 30.0 Å². The minimum Gasteiger partial charge on any atom is -0.421 e. The van der Waals surface area contributed by atoms with E-state index in [1.165, 1.54) is 0 Å². The van der Waals surface area contributed by atoms with Crippen LogP contribution in [-0.2, 0) is 0 Å². The lowest BCUT2D eigenvalue weighted by Crippen LogP contribution is -2.39. The number of aromatic nitrogens is 2.